The van der Waals surface area contributed by atoms with Crippen LogP contribution in [0.25, 0.3) is 0 Å². The summed E-state index contributed by atoms with van der Waals surface area (Å²) in [5, 5.41) is 3.54. The van der Waals surface area contributed by atoms with Crippen molar-refractivity contribution in [3.63, 3.8) is 0 Å². The molecule has 88 valence electrons. The van der Waals surface area contributed by atoms with Gasteiger partial charge in [-0.3, -0.25) is 4.21 Å². The van der Waals surface area contributed by atoms with E-state index in [1.54, 1.807) is 0 Å². The van der Waals surface area contributed by atoms with E-state index < -0.39 is 10.8 Å². The zero-order chi connectivity index (χ0) is 11.5. The second-order valence-electron chi connectivity index (χ2n) is 4.23. The van der Waals surface area contributed by atoms with Crippen LogP contribution in [0.1, 0.15) is 18.4 Å². The van der Waals surface area contributed by atoms with Crippen molar-refractivity contribution in [2.24, 2.45) is 0 Å². The van der Waals surface area contributed by atoms with E-state index in [0.29, 0.717) is 6.04 Å². The van der Waals surface area contributed by atoms with E-state index in [1.807, 2.05) is 0 Å². The largest absolute Gasteiger partial charge is 0.382 e. The number of benzene rings is 1. The number of halogens is 1. The van der Waals surface area contributed by atoms with Gasteiger partial charge in [0.05, 0.1) is 0 Å². The summed E-state index contributed by atoms with van der Waals surface area (Å²) in [5.74, 6) is 1.68. The highest BCUT2D eigenvalue weighted by atomic mass is 79.9. The minimum atomic E-state index is -0.575. The van der Waals surface area contributed by atoms with Crippen LogP contribution in [0.15, 0.2) is 22.7 Å². The van der Waals surface area contributed by atoms with Crippen molar-refractivity contribution < 1.29 is 4.21 Å². The van der Waals surface area contributed by atoms with Crippen LogP contribution in [0.3, 0.4) is 0 Å². The zero-order valence-electron chi connectivity index (χ0n) is 9.33. The maximum Gasteiger partial charge on any atom is 0.0372 e. The second-order valence-corrected chi connectivity index (χ2v) is 6.84. The second kappa shape index (κ2) is 5.32. The molecule has 0 bridgehead atoms. The lowest BCUT2D eigenvalue weighted by atomic mass is 10.1. The lowest BCUT2D eigenvalue weighted by molar-refractivity contribution is 0.624. The molecule has 0 aliphatic carbocycles. The predicted molar refractivity (Wildman–Crippen MR) is 73.4 cm³/mol. The van der Waals surface area contributed by atoms with Crippen LogP contribution in [-0.4, -0.2) is 21.8 Å². The van der Waals surface area contributed by atoms with Gasteiger partial charge < -0.3 is 5.32 Å². The first-order valence-corrected chi connectivity index (χ1v) is 7.81. The Morgan fingerprint density at radius 3 is 2.69 bits per heavy atom. The Labute approximate surface area is 107 Å². The molecule has 2 rings (SSSR count). The summed E-state index contributed by atoms with van der Waals surface area (Å²) >= 11 is 3.46. The van der Waals surface area contributed by atoms with Gasteiger partial charge in [-0.25, -0.2) is 0 Å². The van der Waals surface area contributed by atoms with Crippen molar-refractivity contribution in [3.8, 4) is 0 Å². The number of hydrogen-bond donors (Lipinski definition) is 1. The Morgan fingerprint density at radius 2 is 2.06 bits per heavy atom. The Morgan fingerprint density at radius 1 is 1.38 bits per heavy atom. The van der Waals surface area contributed by atoms with Crippen LogP contribution in [0.5, 0.6) is 0 Å². The summed E-state index contributed by atoms with van der Waals surface area (Å²) in [6.07, 6.45) is 2.03. The molecule has 0 aromatic heterocycles. The molecule has 0 amide bonds. The van der Waals surface area contributed by atoms with E-state index in [-0.39, 0.29) is 0 Å². The first-order chi connectivity index (χ1) is 7.65. The van der Waals surface area contributed by atoms with Gasteiger partial charge in [0.2, 0.25) is 0 Å². The van der Waals surface area contributed by atoms with Gasteiger partial charge in [-0.2, -0.15) is 0 Å². The van der Waals surface area contributed by atoms with Gasteiger partial charge in [-0.1, -0.05) is 15.9 Å². The molecule has 1 heterocycles. The SMILES string of the molecule is Cc1cc(Br)ccc1NC1CCS(=O)CC1. The Balaban J connectivity index is 2.01. The van der Waals surface area contributed by atoms with Gasteiger partial charge in [0.15, 0.2) is 0 Å². The van der Waals surface area contributed by atoms with Crippen LogP contribution in [-0.2, 0) is 10.8 Å². The third kappa shape index (κ3) is 3.08. The standard InChI is InChI=1S/C12H16BrNOS/c1-9-8-10(13)2-3-12(9)14-11-4-6-16(15)7-5-11/h2-3,8,11,14H,4-7H2,1H3. The normalized spacial score (nSPS) is 25.4. The number of anilines is 1. The number of rotatable bonds is 2. The van der Waals surface area contributed by atoms with E-state index in [0.717, 1.165) is 28.8 Å². The molecule has 0 radical (unpaired) electrons. The minimum Gasteiger partial charge on any atom is -0.382 e. The molecule has 4 heteroatoms. The van der Waals surface area contributed by atoms with Gasteiger partial charge in [0.25, 0.3) is 0 Å². The summed E-state index contributed by atoms with van der Waals surface area (Å²) in [6, 6.07) is 6.75. The number of aryl methyl sites for hydroxylation is 1. The lowest BCUT2D eigenvalue weighted by Crippen LogP contribution is -2.29. The van der Waals surface area contributed by atoms with E-state index in [9.17, 15) is 4.21 Å². The summed E-state index contributed by atoms with van der Waals surface area (Å²) in [4.78, 5) is 0. The van der Waals surface area contributed by atoms with Crippen molar-refractivity contribution >= 4 is 32.4 Å². The molecule has 0 unspecified atom stereocenters. The minimum absolute atomic E-state index is 0.484. The summed E-state index contributed by atoms with van der Waals surface area (Å²) in [7, 11) is -0.575. The van der Waals surface area contributed by atoms with Crippen LogP contribution in [0.4, 0.5) is 5.69 Å². The van der Waals surface area contributed by atoms with Gasteiger partial charge >= 0.3 is 0 Å². The summed E-state index contributed by atoms with van der Waals surface area (Å²) in [6.45, 7) is 2.11. The van der Waals surface area contributed by atoms with Crippen molar-refractivity contribution in [3.05, 3.63) is 28.2 Å². The smallest absolute Gasteiger partial charge is 0.0372 e. The van der Waals surface area contributed by atoms with Crippen molar-refractivity contribution in [2.75, 3.05) is 16.8 Å². The fraction of sp³-hybridized carbons (Fsp3) is 0.500. The molecular weight excluding hydrogens is 286 g/mol. The first kappa shape index (κ1) is 12.1. The van der Waals surface area contributed by atoms with Gasteiger partial charge in [0.1, 0.15) is 0 Å². The Bertz CT molecular complexity index is 398. The number of hydrogen-bond acceptors (Lipinski definition) is 2. The molecule has 1 saturated heterocycles. The molecule has 1 aliphatic heterocycles. The third-order valence-corrected chi connectivity index (χ3v) is 4.81. The van der Waals surface area contributed by atoms with Crippen LogP contribution in [0, 0.1) is 6.92 Å². The molecule has 2 nitrogen and oxygen atoms in total. The third-order valence-electron chi connectivity index (χ3n) is 2.94. The molecule has 0 spiro atoms. The average molecular weight is 302 g/mol. The topological polar surface area (TPSA) is 29.1 Å². The summed E-state index contributed by atoms with van der Waals surface area (Å²) in [5.41, 5.74) is 2.45. The molecule has 1 aromatic rings. The fourth-order valence-electron chi connectivity index (χ4n) is 1.95. The molecule has 1 aromatic carbocycles. The fourth-order valence-corrected chi connectivity index (χ4v) is 3.72. The number of nitrogens with one attached hydrogen (secondary N) is 1. The Hall–Kier alpha value is -0.350. The van der Waals surface area contributed by atoms with Crippen LogP contribution >= 0.6 is 15.9 Å². The van der Waals surface area contributed by atoms with Crippen molar-refractivity contribution in [2.45, 2.75) is 25.8 Å². The van der Waals surface area contributed by atoms with Gasteiger partial charge in [-0.05, 0) is 43.5 Å². The van der Waals surface area contributed by atoms with Crippen molar-refractivity contribution in [1.29, 1.82) is 0 Å². The van der Waals surface area contributed by atoms with Crippen molar-refractivity contribution in [1.82, 2.24) is 0 Å². The molecule has 0 atom stereocenters. The van der Waals surface area contributed by atoms with Gasteiger partial charge in [-0.15, -0.1) is 0 Å². The van der Waals surface area contributed by atoms with E-state index in [1.165, 1.54) is 11.3 Å². The molecular formula is C12H16BrNOS. The predicted octanol–water partition coefficient (Wildman–Crippen LogP) is 3.08. The maximum atomic E-state index is 11.2. The molecule has 0 saturated carbocycles. The van der Waals surface area contributed by atoms with E-state index >= 15 is 0 Å². The highest BCUT2D eigenvalue weighted by Gasteiger charge is 2.17. The molecule has 16 heavy (non-hydrogen) atoms. The molecule has 1 aliphatic rings. The van der Waals surface area contributed by atoms with Crippen LogP contribution in [0.2, 0.25) is 0 Å². The highest BCUT2D eigenvalue weighted by molar-refractivity contribution is 9.10. The highest BCUT2D eigenvalue weighted by Crippen LogP contribution is 2.23. The first-order valence-electron chi connectivity index (χ1n) is 5.53. The maximum absolute atomic E-state index is 11.2. The average Bonchev–Trinajstić information content (AvgIpc) is 2.25. The monoisotopic (exact) mass is 301 g/mol. The van der Waals surface area contributed by atoms with Gasteiger partial charge in [0, 0.05) is 38.5 Å². The zero-order valence-corrected chi connectivity index (χ0v) is 11.7. The molecule has 1 fully saturated rings. The van der Waals surface area contributed by atoms with Crippen LogP contribution < -0.4 is 5.32 Å². The quantitative estimate of drug-likeness (QED) is 0.909. The van der Waals surface area contributed by atoms with E-state index in [2.05, 4.69) is 46.4 Å². The van der Waals surface area contributed by atoms with E-state index in [4.69, 9.17) is 0 Å². The summed E-state index contributed by atoms with van der Waals surface area (Å²) < 4.78 is 12.4. The lowest BCUT2D eigenvalue weighted by Gasteiger charge is -2.24. The molecule has 1 N–H and O–H groups in total. The Kier molecular flexibility index (Phi) is 4.03.